The van der Waals surface area contributed by atoms with Crippen LogP contribution in [-0.2, 0) is 13.6 Å². The molecule has 0 spiro atoms. The molecule has 1 rings (SSSR count). The molecule has 4 heteroatoms. The minimum atomic E-state index is 0.305. The second-order valence-corrected chi connectivity index (χ2v) is 5.49. The molecule has 3 nitrogen and oxygen atoms in total. The standard InChI is InChI=1S/C11H20BrN3/c1-11(2,8-12)9-14(3)7-10-13-5-6-15(10)4/h5-6H,7-9H2,1-4H3. The number of hydrogen-bond donors (Lipinski definition) is 0. The zero-order chi connectivity index (χ0) is 11.5. The van der Waals surface area contributed by atoms with Crippen molar-refractivity contribution in [1.29, 1.82) is 0 Å². The number of alkyl halides is 1. The van der Waals surface area contributed by atoms with Crippen molar-refractivity contribution in [3.05, 3.63) is 18.2 Å². The van der Waals surface area contributed by atoms with Gasteiger partial charge >= 0.3 is 0 Å². The Bertz CT molecular complexity index is 307. The van der Waals surface area contributed by atoms with E-state index in [1.165, 1.54) is 0 Å². The fourth-order valence-corrected chi connectivity index (χ4v) is 1.80. The highest BCUT2D eigenvalue weighted by molar-refractivity contribution is 9.09. The lowest BCUT2D eigenvalue weighted by Gasteiger charge is -2.28. The van der Waals surface area contributed by atoms with Gasteiger partial charge in [-0.15, -0.1) is 0 Å². The molecule has 0 fully saturated rings. The molecule has 0 unspecified atom stereocenters. The van der Waals surface area contributed by atoms with E-state index in [1.54, 1.807) is 0 Å². The van der Waals surface area contributed by atoms with Crippen LogP contribution in [0.25, 0.3) is 0 Å². The topological polar surface area (TPSA) is 21.1 Å². The van der Waals surface area contributed by atoms with Gasteiger partial charge in [0.25, 0.3) is 0 Å². The highest BCUT2D eigenvalue weighted by atomic mass is 79.9. The molecule has 0 aliphatic rings. The number of rotatable bonds is 5. The summed E-state index contributed by atoms with van der Waals surface area (Å²) >= 11 is 3.54. The van der Waals surface area contributed by atoms with Crippen LogP contribution in [0.2, 0.25) is 0 Å². The molecule has 0 aliphatic heterocycles. The molecule has 0 N–H and O–H groups in total. The Kier molecular flexibility index (Phi) is 4.34. The minimum Gasteiger partial charge on any atom is -0.337 e. The molecule has 86 valence electrons. The molecular formula is C11H20BrN3. The maximum Gasteiger partial charge on any atom is 0.122 e. The van der Waals surface area contributed by atoms with Crippen LogP contribution in [0.1, 0.15) is 19.7 Å². The largest absolute Gasteiger partial charge is 0.337 e. The third-order valence-corrected chi connectivity index (χ3v) is 3.91. The first-order chi connectivity index (χ1) is 6.94. The van der Waals surface area contributed by atoms with Gasteiger partial charge in [0, 0.05) is 31.3 Å². The molecule has 0 aromatic carbocycles. The quantitative estimate of drug-likeness (QED) is 0.768. The van der Waals surface area contributed by atoms with Gasteiger partial charge in [-0.25, -0.2) is 4.98 Å². The predicted octanol–water partition coefficient (Wildman–Crippen LogP) is 2.27. The average molecular weight is 274 g/mol. The van der Waals surface area contributed by atoms with Crippen LogP contribution in [0.4, 0.5) is 0 Å². The van der Waals surface area contributed by atoms with Gasteiger partial charge in [-0.2, -0.15) is 0 Å². The van der Waals surface area contributed by atoms with E-state index in [-0.39, 0.29) is 0 Å². The lowest BCUT2D eigenvalue weighted by molar-refractivity contribution is 0.220. The lowest BCUT2D eigenvalue weighted by atomic mass is 9.96. The molecule has 0 atom stereocenters. The molecule has 0 saturated carbocycles. The summed E-state index contributed by atoms with van der Waals surface area (Å²) in [6.45, 7) is 6.48. The Morgan fingerprint density at radius 3 is 2.67 bits per heavy atom. The minimum absolute atomic E-state index is 0.305. The zero-order valence-electron chi connectivity index (χ0n) is 10.00. The second-order valence-electron chi connectivity index (χ2n) is 4.92. The van der Waals surface area contributed by atoms with Crippen LogP contribution >= 0.6 is 15.9 Å². The molecule has 1 aromatic rings. The zero-order valence-corrected chi connectivity index (χ0v) is 11.6. The van der Waals surface area contributed by atoms with Gasteiger partial charge in [-0.3, -0.25) is 4.90 Å². The summed E-state index contributed by atoms with van der Waals surface area (Å²) in [5.41, 5.74) is 0.305. The van der Waals surface area contributed by atoms with Gasteiger partial charge in [0.2, 0.25) is 0 Å². The van der Waals surface area contributed by atoms with Crippen molar-refractivity contribution in [2.75, 3.05) is 18.9 Å². The molecule has 0 amide bonds. The Balaban J connectivity index is 2.50. The van der Waals surface area contributed by atoms with E-state index in [9.17, 15) is 0 Å². The second kappa shape index (κ2) is 5.12. The van der Waals surface area contributed by atoms with Crippen LogP contribution in [0, 0.1) is 5.41 Å². The van der Waals surface area contributed by atoms with Crippen LogP contribution in [0.15, 0.2) is 12.4 Å². The lowest BCUT2D eigenvalue weighted by Crippen LogP contribution is -2.32. The van der Waals surface area contributed by atoms with E-state index in [4.69, 9.17) is 0 Å². The summed E-state index contributed by atoms with van der Waals surface area (Å²) in [7, 11) is 4.17. The molecule has 1 aromatic heterocycles. The van der Waals surface area contributed by atoms with Gasteiger partial charge in [-0.1, -0.05) is 29.8 Å². The third kappa shape index (κ3) is 3.95. The molecule has 0 saturated heterocycles. The van der Waals surface area contributed by atoms with Crippen LogP contribution < -0.4 is 0 Å². The van der Waals surface area contributed by atoms with Crippen LogP contribution in [0.3, 0.4) is 0 Å². The third-order valence-electron chi connectivity index (χ3n) is 2.39. The highest BCUT2D eigenvalue weighted by Gasteiger charge is 2.19. The Labute approximate surface area is 101 Å². The number of aryl methyl sites for hydroxylation is 1. The smallest absolute Gasteiger partial charge is 0.122 e. The van der Waals surface area contributed by atoms with Crippen molar-refractivity contribution in [3.8, 4) is 0 Å². The van der Waals surface area contributed by atoms with E-state index < -0.39 is 0 Å². The van der Waals surface area contributed by atoms with E-state index in [1.807, 2.05) is 19.4 Å². The first kappa shape index (κ1) is 12.7. The Morgan fingerprint density at radius 1 is 1.53 bits per heavy atom. The van der Waals surface area contributed by atoms with E-state index in [0.717, 1.165) is 24.2 Å². The number of imidazole rings is 1. The van der Waals surface area contributed by atoms with Crippen molar-refractivity contribution in [3.63, 3.8) is 0 Å². The Hall–Kier alpha value is -0.350. The molecule has 0 bridgehead atoms. The van der Waals surface area contributed by atoms with Gasteiger partial charge < -0.3 is 4.57 Å². The molecule has 0 aliphatic carbocycles. The SMILES string of the molecule is CN(Cc1nccn1C)CC(C)(C)CBr. The van der Waals surface area contributed by atoms with Crippen molar-refractivity contribution >= 4 is 15.9 Å². The molecule has 0 radical (unpaired) electrons. The van der Waals surface area contributed by atoms with Crippen molar-refractivity contribution < 1.29 is 0 Å². The maximum atomic E-state index is 4.32. The monoisotopic (exact) mass is 273 g/mol. The fourth-order valence-electron chi connectivity index (χ4n) is 1.62. The van der Waals surface area contributed by atoms with Crippen molar-refractivity contribution in [2.45, 2.75) is 20.4 Å². The van der Waals surface area contributed by atoms with Gasteiger partial charge in [0.05, 0.1) is 6.54 Å². The van der Waals surface area contributed by atoms with Gasteiger partial charge in [0.1, 0.15) is 5.82 Å². The summed E-state index contributed by atoms with van der Waals surface area (Å²) in [5, 5.41) is 1.02. The first-order valence-corrected chi connectivity index (χ1v) is 6.27. The molecular weight excluding hydrogens is 254 g/mol. The maximum absolute atomic E-state index is 4.32. The summed E-state index contributed by atoms with van der Waals surface area (Å²) < 4.78 is 2.07. The first-order valence-electron chi connectivity index (χ1n) is 5.15. The van der Waals surface area contributed by atoms with Gasteiger partial charge in [-0.05, 0) is 12.5 Å². The Morgan fingerprint density at radius 2 is 2.20 bits per heavy atom. The molecule has 1 heterocycles. The normalized spacial score (nSPS) is 12.4. The van der Waals surface area contributed by atoms with E-state index in [2.05, 4.69) is 51.3 Å². The van der Waals surface area contributed by atoms with Crippen molar-refractivity contribution in [1.82, 2.24) is 14.5 Å². The van der Waals surface area contributed by atoms with Crippen molar-refractivity contribution in [2.24, 2.45) is 12.5 Å². The highest BCUT2D eigenvalue weighted by Crippen LogP contribution is 2.19. The van der Waals surface area contributed by atoms with Crippen LogP contribution in [-0.4, -0.2) is 33.4 Å². The summed E-state index contributed by atoms with van der Waals surface area (Å²) in [5.74, 6) is 1.11. The molecule has 15 heavy (non-hydrogen) atoms. The number of halogens is 1. The predicted molar refractivity (Wildman–Crippen MR) is 67.1 cm³/mol. The fraction of sp³-hybridized carbons (Fsp3) is 0.727. The summed E-state index contributed by atoms with van der Waals surface area (Å²) in [6, 6.07) is 0. The van der Waals surface area contributed by atoms with E-state index >= 15 is 0 Å². The summed E-state index contributed by atoms with van der Waals surface area (Å²) in [4.78, 5) is 6.63. The van der Waals surface area contributed by atoms with Crippen LogP contribution in [0.5, 0.6) is 0 Å². The number of hydrogen-bond acceptors (Lipinski definition) is 2. The number of aromatic nitrogens is 2. The average Bonchev–Trinajstić information content (AvgIpc) is 2.51. The summed E-state index contributed by atoms with van der Waals surface area (Å²) in [6.07, 6.45) is 3.83. The van der Waals surface area contributed by atoms with Gasteiger partial charge in [0.15, 0.2) is 0 Å². The number of nitrogens with zero attached hydrogens (tertiary/aromatic N) is 3. The van der Waals surface area contributed by atoms with E-state index in [0.29, 0.717) is 5.41 Å².